The smallest absolute Gasteiger partial charge is 0.218 e. The van der Waals surface area contributed by atoms with Crippen LogP contribution in [0.5, 0.6) is 5.88 Å². The summed E-state index contributed by atoms with van der Waals surface area (Å²) < 4.78 is 7.43. The van der Waals surface area contributed by atoms with Crippen LogP contribution in [-0.4, -0.2) is 31.3 Å². The molecule has 0 saturated carbocycles. The molecule has 0 aromatic carbocycles. The van der Waals surface area contributed by atoms with Crippen molar-refractivity contribution < 1.29 is 4.74 Å². The molecule has 2 aromatic heterocycles. The van der Waals surface area contributed by atoms with Gasteiger partial charge in [0.25, 0.3) is 0 Å². The zero-order valence-corrected chi connectivity index (χ0v) is 11.2. The minimum atomic E-state index is 0.568. The molecular formula is C12H18N6O. The summed E-state index contributed by atoms with van der Waals surface area (Å²) in [4.78, 5) is 8.19. The summed E-state index contributed by atoms with van der Waals surface area (Å²) in [6.45, 7) is 6.17. The number of nitrogens with zero attached hydrogens (tertiary/aromatic N) is 5. The van der Waals surface area contributed by atoms with Crippen LogP contribution in [0, 0.1) is 0 Å². The van der Waals surface area contributed by atoms with Crippen LogP contribution in [0.1, 0.15) is 26.1 Å². The van der Waals surface area contributed by atoms with E-state index >= 15 is 0 Å². The van der Waals surface area contributed by atoms with E-state index in [0.717, 1.165) is 18.8 Å². The van der Waals surface area contributed by atoms with Gasteiger partial charge in [0.2, 0.25) is 5.88 Å². The van der Waals surface area contributed by atoms with Gasteiger partial charge in [-0.1, -0.05) is 6.92 Å². The SMILES string of the molecule is CCCOc1cc(NCc2nncn2CC)ncn1. The third kappa shape index (κ3) is 3.64. The molecule has 0 aliphatic rings. The summed E-state index contributed by atoms with van der Waals surface area (Å²) in [5.74, 6) is 2.17. The Morgan fingerprint density at radius 2 is 2.21 bits per heavy atom. The van der Waals surface area contributed by atoms with Crippen molar-refractivity contribution in [2.75, 3.05) is 11.9 Å². The molecule has 0 aliphatic carbocycles. The largest absolute Gasteiger partial charge is 0.478 e. The number of hydrogen-bond acceptors (Lipinski definition) is 6. The van der Waals surface area contributed by atoms with E-state index in [-0.39, 0.29) is 0 Å². The second-order valence-corrected chi connectivity index (χ2v) is 3.98. The van der Waals surface area contributed by atoms with Crippen LogP contribution in [0.25, 0.3) is 0 Å². The Balaban J connectivity index is 1.95. The van der Waals surface area contributed by atoms with Crippen molar-refractivity contribution in [3.63, 3.8) is 0 Å². The third-order valence-corrected chi connectivity index (χ3v) is 2.56. The molecule has 0 saturated heterocycles. The maximum absolute atomic E-state index is 5.45. The summed E-state index contributed by atoms with van der Waals surface area (Å²) in [6, 6.07) is 1.78. The van der Waals surface area contributed by atoms with Gasteiger partial charge in [0, 0.05) is 12.6 Å². The van der Waals surface area contributed by atoms with Crippen molar-refractivity contribution >= 4 is 5.82 Å². The summed E-state index contributed by atoms with van der Waals surface area (Å²) in [7, 11) is 0. The lowest BCUT2D eigenvalue weighted by molar-refractivity contribution is 0.305. The van der Waals surface area contributed by atoms with E-state index in [1.165, 1.54) is 6.33 Å². The number of anilines is 1. The zero-order chi connectivity index (χ0) is 13.5. The number of rotatable bonds is 7. The number of hydrogen-bond donors (Lipinski definition) is 1. The Bertz CT molecular complexity index is 512. The first-order chi connectivity index (χ1) is 9.33. The number of nitrogens with one attached hydrogen (secondary N) is 1. The molecule has 0 unspecified atom stereocenters. The van der Waals surface area contributed by atoms with E-state index in [9.17, 15) is 0 Å². The summed E-state index contributed by atoms with van der Waals surface area (Å²) in [5, 5.41) is 11.1. The molecule has 7 heteroatoms. The molecule has 0 aliphatic heterocycles. The molecule has 102 valence electrons. The van der Waals surface area contributed by atoms with Gasteiger partial charge in [0.1, 0.15) is 18.5 Å². The molecule has 0 amide bonds. The number of aryl methyl sites for hydroxylation is 1. The topological polar surface area (TPSA) is 77.8 Å². The zero-order valence-electron chi connectivity index (χ0n) is 11.2. The van der Waals surface area contributed by atoms with Crippen LogP contribution in [0.3, 0.4) is 0 Å². The molecule has 2 rings (SSSR count). The van der Waals surface area contributed by atoms with Crippen molar-refractivity contribution in [2.45, 2.75) is 33.4 Å². The first-order valence-corrected chi connectivity index (χ1v) is 6.38. The van der Waals surface area contributed by atoms with E-state index in [1.54, 1.807) is 12.4 Å². The first kappa shape index (κ1) is 13.3. The Kier molecular flexibility index (Phi) is 4.66. The third-order valence-electron chi connectivity index (χ3n) is 2.56. The standard InChI is InChI=1S/C12H18N6O/c1-3-5-19-12-6-10(14-8-15-12)13-7-11-17-16-9-18(11)4-2/h6,8-9H,3-5,7H2,1-2H3,(H,13,14,15). The van der Waals surface area contributed by atoms with Gasteiger partial charge in [-0.3, -0.25) is 0 Å². The van der Waals surface area contributed by atoms with Crippen molar-refractivity contribution in [3.05, 3.63) is 24.5 Å². The lowest BCUT2D eigenvalue weighted by Crippen LogP contribution is -2.09. The second kappa shape index (κ2) is 6.67. The lowest BCUT2D eigenvalue weighted by Gasteiger charge is -2.07. The monoisotopic (exact) mass is 262 g/mol. The predicted molar refractivity (Wildman–Crippen MR) is 70.8 cm³/mol. The van der Waals surface area contributed by atoms with Crippen LogP contribution < -0.4 is 10.1 Å². The predicted octanol–water partition coefficient (Wildman–Crippen LogP) is 1.49. The minimum Gasteiger partial charge on any atom is -0.478 e. The summed E-state index contributed by atoms with van der Waals surface area (Å²) >= 11 is 0. The van der Waals surface area contributed by atoms with Gasteiger partial charge in [-0.05, 0) is 13.3 Å². The maximum Gasteiger partial charge on any atom is 0.218 e. The van der Waals surface area contributed by atoms with Gasteiger partial charge in [-0.25, -0.2) is 9.97 Å². The quantitative estimate of drug-likeness (QED) is 0.814. The Morgan fingerprint density at radius 1 is 1.32 bits per heavy atom. The lowest BCUT2D eigenvalue weighted by atomic mass is 10.5. The first-order valence-electron chi connectivity index (χ1n) is 6.38. The Morgan fingerprint density at radius 3 is 3.00 bits per heavy atom. The summed E-state index contributed by atoms with van der Waals surface area (Å²) in [5.41, 5.74) is 0. The highest BCUT2D eigenvalue weighted by Gasteiger charge is 2.04. The van der Waals surface area contributed by atoms with Crippen molar-refractivity contribution in [1.29, 1.82) is 0 Å². The molecule has 0 fully saturated rings. The fraction of sp³-hybridized carbons (Fsp3) is 0.500. The number of aromatic nitrogens is 5. The average molecular weight is 262 g/mol. The maximum atomic E-state index is 5.45. The van der Waals surface area contributed by atoms with Crippen molar-refractivity contribution in [3.8, 4) is 5.88 Å². The molecule has 1 N–H and O–H groups in total. The van der Waals surface area contributed by atoms with Crippen LogP contribution >= 0.6 is 0 Å². The normalized spacial score (nSPS) is 10.4. The van der Waals surface area contributed by atoms with Crippen LogP contribution in [-0.2, 0) is 13.1 Å². The fourth-order valence-electron chi connectivity index (χ4n) is 1.57. The molecular weight excluding hydrogens is 244 g/mol. The summed E-state index contributed by atoms with van der Waals surface area (Å²) in [6.07, 6.45) is 4.15. The van der Waals surface area contributed by atoms with Gasteiger partial charge < -0.3 is 14.6 Å². The van der Waals surface area contributed by atoms with Gasteiger partial charge in [-0.15, -0.1) is 10.2 Å². The molecule has 0 radical (unpaired) electrons. The van der Waals surface area contributed by atoms with Gasteiger partial charge in [-0.2, -0.15) is 0 Å². The highest BCUT2D eigenvalue weighted by atomic mass is 16.5. The molecule has 2 aromatic rings. The van der Waals surface area contributed by atoms with Gasteiger partial charge in [0.05, 0.1) is 13.2 Å². The highest BCUT2D eigenvalue weighted by molar-refractivity contribution is 5.37. The molecule has 7 nitrogen and oxygen atoms in total. The van der Waals surface area contributed by atoms with Crippen LogP contribution in [0.15, 0.2) is 18.7 Å². The average Bonchev–Trinajstić information content (AvgIpc) is 2.91. The van der Waals surface area contributed by atoms with Gasteiger partial charge >= 0.3 is 0 Å². The Labute approximate surface area is 112 Å². The fourth-order valence-corrected chi connectivity index (χ4v) is 1.57. The minimum absolute atomic E-state index is 0.568. The second-order valence-electron chi connectivity index (χ2n) is 3.98. The van der Waals surface area contributed by atoms with Crippen molar-refractivity contribution in [1.82, 2.24) is 24.7 Å². The van der Waals surface area contributed by atoms with E-state index in [0.29, 0.717) is 24.8 Å². The van der Waals surface area contributed by atoms with Crippen LogP contribution in [0.4, 0.5) is 5.82 Å². The van der Waals surface area contributed by atoms with E-state index in [1.807, 2.05) is 11.5 Å². The molecule has 0 atom stereocenters. The molecule has 19 heavy (non-hydrogen) atoms. The molecule has 0 spiro atoms. The Hall–Kier alpha value is -2.18. The number of ether oxygens (including phenoxy) is 1. The molecule has 0 bridgehead atoms. The van der Waals surface area contributed by atoms with Crippen molar-refractivity contribution in [2.24, 2.45) is 0 Å². The van der Waals surface area contributed by atoms with E-state index < -0.39 is 0 Å². The molecule has 2 heterocycles. The van der Waals surface area contributed by atoms with E-state index in [4.69, 9.17) is 4.74 Å². The van der Waals surface area contributed by atoms with Gasteiger partial charge in [0.15, 0.2) is 5.82 Å². The van der Waals surface area contributed by atoms with Crippen LogP contribution in [0.2, 0.25) is 0 Å². The van der Waals surface area contributed by atoms with E-state index in [2.05, 4.69) is 32.4 Å². The highest BCUT2D eigenvalue weighted by Crippen LogP contribution is 2.12.